The van der Waals surface area contributed by atoms with E-state index in [4.69, 9.17) is 5.73 Å². The summed E-state index contributed by atoms with van der Waals surface area (Å²) < 4.78 is 1.53. The highest BCUT2D eigenvalue weighted by Crippen LogP contribution is 2.11. The molecular formula is C10H13N5O. The van der Waals surface area contributed by atoms with Crippen molar-refractivity contribution in [3.8, 4) is 0 Å². The minimum absolute atomic E-state index is 0.141. The number of carbonyl (C=O) groups is 1. The molecule has 0 bridgehead atoms. The molecule has 6 heteroatoms. The van der Waals surface area contributed by atoms with E-state index in [0.29, 0.717) is 23.4 Å². The van der Waals surface area contributed by atoms with Crippen molar-refractivity contribution in [3.63, 3.8) is 0 Å². The minimum Gasteiger partial charge on any atom is -0.382 e. The van der Waals surface area contributed by atoms with Gasteiger partial charge in [0.05, 0.1) is 11.8 Å². The minimum atomic E-state index is -0.141. The number of hydrogen-bond donors (Lipinski definition) is 2. The molecule has 0 fully saturated rings. The Hall–Kier alpha value is -2.11. The number of nitrogens with one attached hydrogen (secondary N) is 1. The first-order valence-corrected chi connectivity index (χ1v) is 5.09. The van der Waals surface area contributed by atoms with Crippen molar-refractivity contribution in [2.45, 2.75) is 13.3 Å². The van der Waals surface area contributed by atoms with E-state index in [9.17, 15) is 4.79 Å². The van der Waals surface area contributed by atoms with Crippen molar-refractivity contribution in [2.24, 2.45) is 0 Å². The predicted octanol–water partition coefficient (Wildman–Crippen LogP) is 0.451. The number of fused-ring (bicyclic) bond motifs is 1. The number of anilines is 1. The Morgan fingerprint density at radius 3 is 3.19 bits per heavy atom. The van der Waals surface area contributed by atoms with Gasteiger partial charge in [-0.25, -0.2) is 9.50 Å². The SMILES string of the molecule is CCCNC(=O)c1cnn2cnc(N)c2c1. The largest absolute Gasteiger partial charge is 0.382 e. The number of rotatable bonds is 3. The topological polar surface area (TPSA) is 85.3 Å². The van der Waals surface area contributed by atoms with Crippen molar-refractivity contribution in [2.75, 3.05) is 12.3 Å². The van der Waals surface area contributed by atoms with Gasteiger partial charge in [0, 0.05) is 6.54 Å². The predicted molar refractivity (Wildman–Crippen MR) is 60.0 cm³/mol. The summed E-state index contributed by atoms with van der Waals surface area (Å²) in [5.41, 5.74) is 6.78. The van der Waals surface area contributed by atoms with Gasteiger partial charge in [0.15, 0.2) is 5.82 Å². The van der Waals surface area contributed by atoms with Crippen LogP contribution in [0.25, 0.3) is 5.52 Å². The van der Waals surface area contributed by atoms with Gasteiger partial charge in [0.25, 0.3) is 5.91 Å². The molecule has 2 rings (SSSR count). The zero-order valence-electron chi connectivity index (χ0n) is 8.97. The Morgan fingerprint density at radius 1 is 1.62 bits per heavy atom. The van der Waals surface area contributed by atoms with E-state index >= 15 is 0 Å². The fourth-order valence-corrected chi connectivity index (χ4v) is 1.37. The number of carbonyl (C=O) groups excluding carboxylic acids is 1. The summed E-state index contributed by atoms with van der Waals surface area (Å²) in [5.74, 6) is 0.232. The summed E-state index contributed by atoms with van der Waals surface area (Å²) in [5, 5.41) is 6.82. The van der Waals surface area contributed by atoms with Crippen LogP contribution in [0.3, 0.4) is 0 Å². The standard InChI is InChI=1S/C10H13N5O/c1-2-3-12-10(16)7-4-8-9(11)13-6-15(8)14-5-7/h4-6H,2-3,11H2,1H3,(H,12,16). The van der Waals surface area contributed by atoms with Crippen molar-refractivity contribution < 1.29 is 4.79 Å². The van der Waals surface area contributed by atoms with Crippen LogP contribution in [-0.2, 0) is 0 Å². The monoisotopic (exact) mass is 219 g/mol. The van der Waals surface area contributed by atoms with E-state index < -0.39 is 0 Å². The highest BCUT2D eigenvalue weighted by Gasteiger charge is 2.08. The Kier molecular flexibility index (Phi) is 2.72. The molecule has 2 heterocycles. The quantitative estimate of drug-likeness (QED) is 0.784. The molecule has 0 saturated carbocycles. The van der Waals surface area contributed by atoms with Gasteiger partial charge in [0.2, 0.25) is 0 Å². The number of imidazole rings is 1. The number of nitrogens with zero attached hydrogens (tertiary/aromatic N) is 3. The summed E-state index contributed by atoms with van der Waals surface area (Å²) in [6.07, 6.45) is 3.91. The lowest BCUT2D eigenvalue weighted by molar-refractivity contribution is 0.0953. The maximum atomic E-state index is 11.7. The molecule has 0 unspecified atom stereocenters. The molecule has 0 aliphatic carbocycles. The molecular weight excluding hydrogens is 206 g/mol. The smallest absolute Gasteiger partial charge is 0.252 e. The normalized spacial score (nSPS) is 10.6. The molecule has 0 radical (unpaired) electrons. The summed E-state index contributed by atoms with van der Waals surface area (Å²) in [6, 6.07) is 1.68. The molecule has 0 aliphatic rings. The number of amides is 1. The molecule has 0 aromatic carbocycles. The summed E-state index contributed by atoms with van der Waals surface area (Å²) in [4.78, 5) is 15.6. The molecule has 0 aliphatic heterocycles. The van der Waals surface area contributed by atoms with Gasteiger partial charge in [-0.1, -0.05) is 6.92 Å². The van der Waals surface area contributed by atoms with Gasteiger partial charge >= 0.3 is 0 Å². The van der Waals surface area contributed by atoms with Crippen LogP contribution in [0.4, 0.5) is 5.82 Å². The second-order valence-electron chi connectivity index (χ2n) is 3.46. The summed E-state index contributed by atoms with van der Waals surface area (Å²) >= 11 is 0. The van der Waals surface area contributed by atoms with Crippen LogP contribution in [-0.4, -0.2) is 27.0 Å². The Bertz CT molecular complexity index is 519. The van der Waals surface area contributed by atoms with E-state index in [1.165, 1.54) is 17.0 Å². The van der Waals surface area contributed by atoms with Crippen molar-refractivity contribution in [3.05, 3.63) is 24.2 Å². The van der Waals surface area contributed by atoms with E-state index in [-0.39, 0.29) is 5.91 Å². The number of nitrogen functional groups attached to an aromatic ring is 1. The fourth-order valence-electron chi connectivity index (χ4n) is 1.37. The second kappa shape index (κ2) is 4.18. The zero-order chi connectivity index (χ0) is 11.5. The molecule has 0 saturated heterocycles. The van der Waals surface area contributed by atoms with Crippen LogP contribution in [0.2, 0.25) is 0 Å². The Labute approximate surface area is 92.5 Å². The molecule has 16 heavy (non-hydrogen) atoms. The first-order chi connectivity index (χ1) is 7.72. The van der Waals surface area contributed by atoms with Crippen LogP contribution in [0.15, 0.2) is 18.6 Å². The molecule has 2 aromatic heterocycles. The van der Waals surface area contributed by atoms with Crippen LogP contribution in [0.1, 0.15) is 23.7 Å². The third kappa shape index (κ3) is 1.81. The molecule has 84 valence electrons. The molecule has 0 atom stereocenters. The van der Waals surface area contributed by atoms with Crippen LogP contribution >= 0.6 is 0 Å². The van der Waals surface area contributed by atoms with E-state index in [2.05, 4.69) is 15.4 Å². The van der Waals surface area contributed by atoms with Crippen molar-refractivity contribution in [1.29, 1.82) is 0 Å². The lowest BCUT2D eigenvalue weighted by Gasteiger charge is -2.03. The number of aromatic nitrogens is 3. The van der Waals surface area contributed by atoms with Crippen molar-refractivity contribution >= 4 is 17.2 Å². The average Bonchev–Trinajstić information content (AvgIpc) is 2.67. The number of hydrogen-bond acceptors (Lipinski definition) is 4. The average molecular weight is 219 g/mol. The lowest BCUT2D eigenvalue weighted by Crippen LogP contribution is -2.24. The molecule has 3 N–H and O–H groups in total. The first-order valence-electron chi connectivity index (χ1n) is 5.09. The molecule has 1 amide bonds. The third-order valence-electron chi connectivity index (χ3n) is 2.23. The maximum absolute atomic E-state index is 11.7. The van der Waals surface area contributed by atoms with Gasteiger partial charge in [-0.05, 0) is 12.5 Å². The van der Waals surface area contributed by atoms with E-state index in [1.807, 2.05) is 6.92 Å². The Balaban J connectivity index is 2.31. The second-order valence-corrected chi connectivity index (χ2v) is 3.46. The first kappa shape index (κ1) is 10.4. The van der Waals surface area contributed by atoms with Gasteiger partial charge in [-0.2, -0.15) is 5.10 Å². The summed E-state index contributed by atoms with van der Waals surface area (Å²) in [7, 11) is 0. The van der Waals surface area contributed by atoms with Gasteiger partial charge < -0.3 is 11.1 Å². The van der Waals surface area contributed by atoms with Gasteiger partial charge in [-0.3, -0.25) is 4.79 Å². The number of nitrogens with two attached hydrogens (primary N) is 1. The molecule has 0 spiro atoms. The van der Waals surface area contributed by atoms with E-state index in [1.54, 1.807) is 6.07 Å². The van der Waals surface area contributed by atoms with E-state index in [0.717, 1.165) is 6.42 Å². The zero-order valence-corrected chi connectivity index (χ0v) is 8.97. The Morgan fingerprint density at radius 2 is 2.44 bits per heavy atom. The molecule has 2 aromatic rings. The summed E-state index contributed by atoms with van der Waals surface area (Å²) in [6.45, 7) is 2.65. The van der Waals surface area contributed by atoms with Gasteiger partial charge in [-0.15, -0.1) is 0 Å². The highest BCUT2D eigenvalue weighted by molar-refractivity contribution is 5.95. The van der Waals surface area contributed by atoms with Crippen LogP contribution in [0.5, 0.6) is 0 Å². The van der Waals surface area contributed by atoms with Crippen LogP contribution in [0, 0.1) is 0 Å². The fraction of sp³-hybridized carbons (Fsp3) is 0.300. The third-order valence-corrected chi connectivity index (χ3v) is 2.23. The molecule has 6 nitrogen and oxygen atoms in total. The van der Waals surface area contributed by atoms with Crippen molar-refractivity contribution in [1.82, 2.24) is 19.9 Å². The lowest BCUT2D eigenvalue weighted by atomic mass is 10.2. The highest BCUT2D eigenvalue weighted by atomic mass is 16.1. The maximum Gasteiger partial charge on any atom is 0.252 e. The van der Waals surface area contributed by atoms with Gasteiger partial charge in [0.1, 0.15) is 11.8 Å². The van der Waals surface area contributed by atoms with Crippen LogP contribution < -0.4 is 11.1 Å².